The van der Waals surface area contributed by atoms with E-state index in [-0.39, 0.29) is 5.91 Å². The van der Waals surface area contributed by atoms with Gasteiger partial charge >= 0.3 is 0 Å². The molecule has 1 aromatic carbocycles. The molecule has 2 aromatic rings. The van der Waals surface area contributed by atoms with Crippen molar-refractivity contribution in [2.75, 3.05) is 26.2 Å². The van der Waals surface area contributed by atoms with Crippen molar-refractivity contribution < 1.29 is 9.21 Å². The van der Waals surface area contributed by atoms with Crippen LogP contribution >= 0.6 is 11.6 Å². The Hall–Kier alpha value is -1.52. The second kappa shape index (κ2) is 5.04. The van der Waals surface area contributed by atoms with E-state index in [1.54, 1.807) is 18.2 Å². The predicted molar refractivity (Wildman–Crippen MR) is 81.7 cm³/mol. The molecule has 21 heavy (non-hydrogen) atoms. The number of amides is 1. The van der Waals surface area contributed by atoms with E-state index in [1.165, 1.54) is 12.8 Å². The number of halogens is 1. The van der Waals surface area contributed by atoms with E-state index in [2.05, 4.69) is 4.90 Å². The average molecular weight is 305 g/mol. The number of carbonyl (C=O) groups excluding carboxylic acids is 1. The summed E-state index contributed by atoms with van der Waals surface area (Å²) in [6.07, 6.45) is 2.64. The molecule has 2 fully saturated rings. The first-order valence-electron chi connectivity index (χ1n) is 7.43. The first kappa shape index (κ1) is 13.2. The van der Waals surface area contributed by atoms with Crippen LogP contribution < -0.4 is 0 Å². The first-order chi connectivity index (χ1) is 10.2. The maximum atomic E-state index is 12.5. The number of fused-ring (bicyclic) bond motifs is 1. The minimum atomic E-state index is -0.0160. The summed E-state index contributed by atoms with van der Waals surface area (Å²) in [5.74, 6) is 0.393. The van der Waals surface area contributed by atoms with Gasteiger partial charge in [-0.3, -0.25) is 9.69 Å². The monoisotopic (exact) mass is 304 g/mol. The lowest BCUT2D eigenvalue weighted by molar-refractivity contribution is 0.0599. The number of piperazine rings is 1. The highest BCUT2D eigenvalue weighted by Gasteiger charge is 2.33. The summed E-state index contributed by atoms with van der Waals surface area (Å²) in [6.45, 7) is 3.52. The zero-order chi connectivity index (χ0) is 14.4. The third-order valence-electron chi connectivity index (χ3n) is 4.35. The van der Waals surface area contributed by atoms with Gasteiger partial charge in [-0.05, 0) is 37.1 Å². The number of hydrogen-bond donors (Lipinski definition) is 0. The van der Waals surface area contributed by atoms with Crippen LogP contribution in [0.5, 0.6) is 0 Å². The molecular formula is C16H17ClN2O2. The van der Waals surface area contributed by atoms with Gasteiger partial charge in [-0.2, -0.15) is 0 Å². The molecule has 0 unspecified atom stereocenters. The van der Waals surface area contributed by atoms with Crippen molar-refractivity contribution in [1.29, 1.82) is 0 Å². The Kier molecular flexibility index (Phi) is 3.16. The third-order valence-corrected chi connectivity index (χ3v) is 4.59. The van der Waals surface area contributed by atoms with Gasteiger partial charge in [-0.15, -0.1) is 0 Å². The lowest BCUT2D eigenvalue weighted by Crippen LogP contribution is -2.49. The Morgan fingerprint density at radius 1 is 1.14 bits per heavy atom. The van der Waals surface area contributed by atoms with Gasteiger partial charge in [0.15, 0.2) is 5.76 Å². The summed E-state index contributed by atoms with van der Waals surface area (Å²) in [4.78, 5) is 16.9. The smallest absolute Gasteiger partial charge is 0.289 e. The fourth-order valence-corrected chi connectivity index (χ4v) is 3.19. The summed E-state index contributed by atoms with van der Waals surface area (Å²) in [5, 5.41) is 1.53. The average Bonchev–Trinajstić information content (AvgIpc) is 3.26. The van der Waals surface area contributed by atoms with E-state index in [0.29, 0.717) is 16.4 Å². The fourth-order valence-electron chi connectivity index (χ4n) is 3.01. The molecule has 0 atom stereocenters. The summed E-state index contributed by atoms with van der Waals surface area (Å²) in [7, 11) is 0. The van der Waals surface area contributed by atoms with Crippen molar-refractivity contribution in [3.63, 3.8) is 0 Å². The number of hydrogen-bond acceptors (Lipinski definition) is 3. The summed E-state index contributed by atoms with van der Waals surface area (Å²) in [6, 6.07) is 7.96. The molecule has 0 radical (unpaired) electrons. The summed E-state index contributed by atoms with van der Waals surface area (Å²) >= 11 is 5.97. The minimum absolute atomic E-state index is 0.0160. The van der Waals surface area contributed by atoms with Crippen LogP contribution in [0.2, 0.25) is 5.02 Å². The van der Waals surface area contributed by atoms with E-state index in [0.717, 1.165) is 37.6 Å². The SMILES string of the molecule is O=C(c1cc2cc(Cl)ccc2o1)N1CCN(C2CC2)CC1. The second-order valence-electron chi connectivity index (χ2n) is 5.85. The maximum absolute atomic E-state index is 12.5. The van der Waals surface area contributed by atoms with Gasteiger partial charge < -0.3 is 9.32 Å². The Balaban J connectivity index is 1.50. The number of benzene rings is 1. The molecule has 2 aliphatic rings. The molecule has 1 saturated heterocycles. The number of carbonyl (C=O) groups is 1. The Labute approximate surface area is 128 Å². The molecule has 2 heterocycles. The minimum Gasteiger partial charge on any atom is -0.451 e. The Morgan fingerprint density at radius 2 is 1.90 bits per heavy atom. The summed E-state index contributed by atoms with van der Waals surface area (Å²) < 4.78 is 5.66. The highest BCUT2D eigenvalue weighted by atomic mass is 35.5. The first-order valence-corrected chi connectivity index (χ1v) is 7.81. The lowest BCUT2D eigenvalue weighted by Gasteiger charge is -2.34. The molecule has 1 saturated carbocycles. The van der Waals surface area contributed by atoms with Crippen LogP contribution in [0.1, 0.15) is 23.4 Å². The molecular weight excluding hydrogens is 288 g/mol. The standard InChI is InChI=1S/C16H17ClN2O2/c17-12-1-4-14-11(9-12)10-15(21-14)16(20)19-7-5-18(6-8-19)13-2-3-13/h1,4,9-10,13H,2-3,5-8H2. The van der Waals surface area contributed by atoms with E-state index >= 15 is 0 Å². The molecule has 1 amide bonds. The van der Waals surface area contributed by atoms with Gasteiger partial charge in [0.1, 0.15) is 5.58 Å². The van der Waals surface area contributed by atoms with Crippen molar-refractivity contribution in [3.05, 3.63) is 35.0 Å². The quantitative estimate of drug-likeness (QED) is 0.856. The van der Waals surface area contributed by atoms with Gasteiger partial charge in [-0.25, -0.2) is 0 Å². The molecule has 1 aliphatic carbocycles. The van der Waals surface area contributed by atoms with Crippen molar-refractivity contribution in [1.82, 2.24) is 9.80 Å². The van der Waals surface area contributed by atoms with Crippen LogP contribution in [0.3, 0.4) is 0 Å². The van der Waals surface area contributed by atoms with Crippen LogP contribution in [0.25, 0.3) is 11.0 Å². The lowest BCUT2D eigenvalue weighted by atomic mass is 10.2. The van der Waals surface area contributed by atoms with Gasteiger partial charge in [0.2, 0.25) is 0 Å². The second-order valence-corrected chi connectivity index (χ2v) is 6.29. The molecule has 1 aromatic heterocycles. The molecule has 5 heteroatoms. The third kappa shape index (κ3) is 2.54. The Bertz CT molecular complexity index is 685. The highest BCUT2D eigenvalue weighted by molar-refractivity contribution is 6.31. The fraction of sp³-hybridized carbons (Fsp3) is 0.438. The van der Waals surface area contributed by atoms with Gasteiger partial charge in [0.05, 0.1) is 0 Å². The molecule has 0 N–H and O–H groups in total. The topological polar surface area (TPSA) is 36.7 Å². The number of furan rings is 1. The molecule has 110 valence electrons. The van der Waals surface area contributed by atoms with Crippen LogP contribution in [-0.2, 0) is 0 Å². The van der Waals surface area contributed by atoms with Crippen LogP contribution in [-0.4, -0.2) is 47.9 Å². The predicted octanol–water partition coefficient (Wildman–Crippen LogP) is 3.01. The molecule has 4 rings (SSSR count). The van der Waals surface area contributed by atoms with E-state index in [9.17, 15) is 4.79 Å². The van der Waals surface area contributed by atoms with Crippen molar-refractivity contribution in [3.8, 4) is 0 Å². The van der Waals surface area contributed by atoms with Crippen LogP contribution in [0.4, 0.5) is 0 Å². The zero-order valence-corrected chi connectivity index (χ0v) is 12.5. The van der Waals surface area contributed by atoms with E-state index in [4.69, 9.17) is 16.0 Å². The van der Waals surface area contributed by atoms with E-state index < -0.39 is 0 Å². The van der Waals surface area contributed by atoms with Crippen LogP contribution in [0.15, 0.2) is 28.7 Å². The summed E-state index contributed by atoms with van der Waals surface area (Å²) in [5.41, 5.74) is 0.708. The maximum Gasteiger partial charge on any atom is 0.289 e. The van der Waals surface area contributed by atoms with Gasteiger partial charge in [0, 0.05) is 42.6 Å². The van der Waals surface area contributed by atoms with Crippen LogP contribution in [0, 0.1) is 0 Å². The molecule has 0 spiro atoms. The normalized spacial score (nSPS) is 20.1. The molecule has 0 bridgehead atoms. The van der Waals surface area contributed by atoms with Crippen molar-refractivity contribution in [2.45, 2.75) is 18.9 Å². The Morgan fingerprint density at radius 3 is 2.62 bits per heavy atom. The number of rotatable bonds is 2. The van der Waals surface area contributed by atoms with Gasteiger partial charge in [-0.1, -0.05) is 11.6 Å². The van der Waals surface area contributed by atoms with E-state index in [1.807, 2.05) is 11.0 Å². The highest BCUT2D eigenvalue weighted by Crippen LogP contribution is 2.28. The molecule has 1 aliphatic heterocycles. The largest absolute Gasteiger partial charge is 0.451 e. The van der Waals surface area contributed by atoms with Gasteiger partial charge in [0.25, 0.3) is 5.91 Å². The zero-order valence-electron chi connectivity index (χ0n) is 11.7. The molecule has 4 nitrogen and oxygen atoms in total. The van der Waals surface area contributed by atoms with Crippen molar-refractivity contribution in [2.24, 2.45) is 0 Å². The number of nitrogens with zero attached hydrogens (tertiary/aromatic N) is 2. The van der Waals surface area contributed by atoms with Crippen molar-refractivity contribution >= 4 is 28.5 Å².